The summed E-state index contributed by atoms with van der Waals surface area (Å²) in [7, 11) is 0. The average molecular weight is 269 g/mol. The maximum Gasteiger partial charge on any atom is 0.263 e. The van der Waals surface area contributed by atoms with E-state index in [2.05, 4.69) is 15.3 Å². The number of primary amides is 1. The van der Waals surface area contributed by atoms with Gasteiger partial charge >= 0.3 is 0 Å². The predicted molar refractivity (Wildman–Crippen MR) is 65.4 cm³/mol. The number of amides is 1. The molecule has 1 aromatic carbocycles. The van der Waals surface area contributed by atoms with E-state index < -0.39 is 18.4 Å². The molecule has 8 heteroatoms. The topological polar surface area (TPSA) is 104 Å². The number of carbonyl (C=O) groups is 1. The van der Waals surface area contributed by atoms with Crippen LogP contribution in [-0.2, 0) is 4.79 Å². The highest BCUT2D eigenvalue weighted by Gasteiger charge is 2.17. The van der Waals surface area contributed by atoms with Crippen LogP contribution >= 0.6 is 0 Å². The van der Waals surface area contributed by atoms with Gasteiger partial charge in [-0.05, 0) is 11.1 Å². The van der Waals surface area contributed by atoms with Crippen molar-refractivity contribution in [2.75, 3.05) is 13.1 Å². The van der Waals surface area contributed by atoms with Crippen LogP contribution in [0, 0.1) is 0 Å². The van der Waals surface area contributed by atoms with Gasteiger partial charge in [-0.1, -0.05) is 29.4 Å². The summed E-state index contributed by atoms with van der Waals surface area (Å²) in [5, 5.41) is 6.09. The zero-order valence-electron chi connectivity index (χ0n) is 9.96. The Labute approximate surface area is 108 Å². The molecule has 1 atom stereocenters. The van der Waals surface area contributed by atoms with Gasteiger partial charge in [-0.2, -0.15) is 0 Å². The molecular weight excluding hydrogens is 256 g/mol. The Morgan fingerprint density at radius 3 is 2.42 bits per heavy atom. The van der Waals surface area contributed by atoms with Gasteiger partial charge in [0, 0.05) is 23.6 Å². The summed E-state index contributed by atoms with van der Waals surface area (Å²) in [5.41, 5.74) is 13.7. The molecule has 3 N–H and O–H groups in total. The van der Waals surface area contributed by atoms with E-state index in [4.69, 9.17) is 11.3 Å². The van der Waals surface area contributed by atoms with Crippen LogP contribution in [-0.4, -0.2) is 19.0 Å². The van der Waals surface area contributed by atoms with E-state index in [1.807, 2.05) is 0 Å². The zero-order valence-corrected chi connectivity index (χ0v) is 9.96. The predicted octanol–water partition coefficient (Wildman–Crippen LogP) is 2.05. The molecule has 0 aromatic heterocycles. The molecule has 0 saturated carbocycles. The Morgan fingerprint density at radius 1 is 1.37 bits per heavy atom. The molecule has 19 heavy (non-hydrogen) atoms. The maximum atomic E-state index is 12.4. The molecule has 0 radical (unpaired) electrons. The Bertz CT molecular complexity index is 470. The van der Waals surface area contributed by atoms with E-state index in [1.165, 1.54) is 24.3 Å². The standard InChI is InChI=1S/C11H13F2N5O/c12-10(13)8-3-1-7(2-4-8)9(11(14)19)16-5-6-17-18-15/h1-4,9-10,16H,5-6H2,(H2,14,19). The molecule has 1 aromatic rings. The van der Waals surface area contributed by atoms with Crippen LogP contribution in [0.2, 0.25) is 0 Å². The van der Waals surface area contributed by atoms with Crippen molar-refractivity contribution in [3.05, 3.63) is 45.8 Å². The molecule has 1 rings (SSSR count). The maximum absolute atomic E-state index is 12.4. The van der Waals surface area contributed by atoms with Crippen molar-refractivity contribution in [3.8, 4) is 0 Å². The zero-order chi connectivity index (χ0) is 14.3. The number of hydrogen-bond donors (Lipinski definition) is 2. The first-order valence-electron chi connectivity index (χ1n) is 5.48. The van der Waals surface area contributed by atoms with Gasteiger partial charge in [0.1, 0.15) is 6.04 Å². The summed E-state index contributed by atoms with van der Waals surface area (Å²) in [6.45, 7) is 0.420. The number of rotatable bonds is 7. The van der Waals surface area contributed by atoms with Crippen molar-refractivity contribution in [1.29, 1.82) is 0 Å². The summed E-state index contributed by atoms with van der Waals surface area (Å²) < 4.78 is 24.8. The lowest BCUT2D eigenvalue weighted by Gasteiger charge is -2.15. The summed E-state index contributed by atoms with van der Waals surface area (Å²) in [4.78, 5) is 13.9. The molecule has 102 valence electrons. The minimum atomic E-state index is -2.56. The molecule has 0 saturated heterocycles. The first-order chi connectivity index (χ1) is 9.06. The number of benzene rings is 1. The Kier molecular flexibility index (Phi) is 5.72. The van der Waals surface area contributed by atoms with Crippen LogP contribution in [0.3, 0.4) is 0 Å². The van der Waals surface area contributed by atoms with Gasteiger partial charge in [0.2, 0.25) is 5.91 Å². The van der Waals surface area contributed by atoms with E-state index >= 15 is 0 Å². The number of azide groups is 1. The molecular formula is C11H13F2N5O. The second kappa shape index (κ2) is 7.30. The van der Waals surface area contributed by atoms with Gasteiger partial charge in [0.25, 0.3) is 6.43 Å². The van der Waals surface area contributed by atoms with Crippen LogP contribution < -0.4 is 11.1 Å². The van der Waals surface area contributed by atoms with E-state index in [1.54, 1.807) is 0 Å². The number of alkyl halides is 2. The summed E-state index contributed by atoms with van der Waals surface area (Å²) in [6.07, 6.45) is -2.56. The summed E-state index contributed by atoms with van der Waals surface area (Å²) in [5.74, 6) is -0.634. The van der Waals surface area contributed by atoms with Gasteiger partial charge in [-0.15, -0.1) is 0 Å². The van der Waals surface area contributed by atoms with Gasteiger partial charge in [0.15, 0.2) is 0 Å². The molecule has 1 unspecified atom stereocenters. The SMILES string of the molecule is [N-]=[N+]=NCCNC(C(N)=O)c1ccc(C(F)F)cc1. The minimum absolute atomic E-state index is 0.124. The first kappa shape index (κ1) is 14.9. The van der Waals surface area contributed by atoms with Crippen LogP contribution in [0.1, 0.15) is 23.6 Å². The second-order valence-corrected chi connectivity index (χ2v) is 3.71. The third-order valence-electron chi connectivity index (χ3n) is 2.43. The smallest absolute Gasteiger partial charge is 0.263 e. The van der Waals surface area contributed by atoms with E-state index in [0.717, 1.165) is 0 Å². The Hall–Kier alpha value is -2.18. The van der Waals surface area contributed by atoms with E-state index in [9.17, 15) is 13.6 Å². The molecule has 0 bridgehead atoms. The number of nitrogens with zero attached hydrogens (tertiary/aromatic N) is 3. The van der Waals surface area contributed by atoms with Crippen molar-refractivity contribution >= 4 is 5.91 Å². The van der Waals surface area contributed by atoms with Crippen molar-refractivity contribution in [3.63, 3.8) is 0 Å². The first-order valence-corrected chi connectivity index (χ1v) is 5.48. The Balaban J connectivity index is 2.75. The monoisotopic (exact) mass is 269 g/mol. The van der Waals surface area contributed by atoms with Gasteiger partial charge in [0.05, 0.1) is 0 Å². The largest absolute Gasteiger partial charge is 0.368 e. The fourth-order valence-corrected chi connectivity index (χ4v) is 1.52. The molecule has 0 spiro atoms. The lowest BCUT2D eigenvalue weighted by molar-refractivity contribution is -0.120. The molecule has 1 amide bonds. The second-order valence-electron chi connectivity index (χ2n) is 3.71. The van der Waals surface area contributed by atoms with Gasteiger partial charge in [-0.25, -0.2) is 8.78 Å². The number of halogens is 2. The Morgan fingerprint density at radius 2 is 1.95 bits per heavy atom. The van der Waals surface area contributed by atoms with Crippen molar-refractivity contribution in [2.24, 2.45) is 10.8 Å². The fraction of sp³-hybridized carbons (Fsp3) is 0.364. The molecule has 0 aliphatic rings. The molecule has 0 heterocycles. The van der Waals surface area contributed by atoms with Crippen molar-refractivity contribution in [1.82, 2.24) is 5.32 Å². The van der Waals surface area contributed by atoms with Crippen LogP contribution in [0.25, 0.3) is 10.4 Å². The number of nitrogens with two attached hydrogens (primary N) is 1. The highest BCUT2D eigenvalue weighted by atomic mass is 19.3. The lowest BCUT2D eigenvalue weighted by Crippen LogP contribution is -2.34. The van der Waals surface area contributed by atoms with Crippen LogP contribution in [0.5, 0.6) is 0 Å². The van der Waals surface area contributed by atoms with E-state index in [0.29, 0.717) is 5.56 Å². The highest BCUT2D eigenvalue weighted by Crippen LogP contribution is 2.21. The molecule has 0 aliphatic carbocycles. The van der Waals surface area contributed by atoms with Crippen LogP contribution in [0.4, 0.5) is 8.78 Å². The quantitative estimate of drug-likeness (QED) is 0.342. The van der Waals surface area contributed by atoms with Gasteiger partial charge < -0.3 is 11.1 Å². The number of hydrogen-bond acceptors (Lipinski definition) is 3. The highest BCUT2D eigenvalue weighted by molar-refractivity contribution is 5.81. The minimum Gasteiger partial charge on any atom is -0.368 e. The summed E-state index contributed by atoms with van der Waals surface area (Å²) >= 11 is 0. The third kappa shape index (κ3) is 4.53. The average Bonchev–Trinajstić information content (AvgIpc) is 2.38. The molecule has 0 aliphatic heterocycles. The number of carbonyl (C=O) groups excluding carboxylic acids is 1. The lowest BCUT2D eigenvalue weighted by atomic mass is 10.0. The van der Waals surface area contributed by atoms with Crippen molar-refractivity contribution in [2.45, 2.75) is 12.5 Å². The third-order valence-corrected chi connectivity index (χ3v) is 2.43. The van der Waals surface area contributed by atoms with Crippen LogP contribution in [0.15, 0.2) is 29.4 Å². The normalized spacial score (nSPS) is 11.9. The van der Waals surface area contributed by atoms with E-state index in [-0.39, 0.29) is 18.7 Å². The summed E-state index contributed by atoms with van der Waals surface area (Å²) in [6, 6.07) is 4.51. The molecule has 6 nitrogen and oxygen atoms in total. The fourth-order valence-electron chi connectivity index (χ4n) is 1.52. The molecule has 0 fully saturated rings. The number of nitrogens with one attached hydrogen (secondary N) is 1. The van der Waals surface area contributed by atoms with Gasteiger partial charge in [-0.3, -0.25) is 4.79 Å². The van der Waals surface area contributed by atoms with Crippen molar-refractivity contribution < 1.29 is 13.6 Å².